The molecule has 0 aliphatic rings. The maximum Gasteiger partial charge on any atom is 0.128 e. The van der Waals surface area contributed by atoms with Crippen LogP contribution in [0.1, 0.15) is 41.8 Å². The number of methoxy groups -OCH3 is 1. The Kier molecular flexibility index (Phi) is 4.45. The Morgan fingerprint density at radius 1 is 1.40 bits per heavy atom. The quantitative estimate of drug-likeness (QED) is 0.911. The summed E-state index contributed by atoms with van der Waals surface area (Å²) < 4.78 is 7.57. The molecule has 0 amide bonds. The SMILES string of the molecule is CCC(N)c1ccn(Cc2ncc(C)c(OC)c2C)c1. The molecule has 4 nitrogen and oxygen atoms in total. The van der Waals surface area contributed by atoms with E-state index in [1.807, 2.05) is 13.1 Å². The zero-order valence-electron chi connectivity index (χ0n) is 12.7. The Labute approximate surface area is 120 Å². The molecule has 2 rings (SSSR count). The molecule has 0 bridgehead atoms. The van der Waals surface area contributed by atoms with Crippen LogP contribution in [-0.2, 0) is 6.54 Å². The maximum atomic E-state index is 6.05. The van der Waals surface area contributed by atoms with Gasteiger partial charge in [-0.3, -0.25) is 4.98 Å². The first kappa shape index (κ1) is 14.6. The molecule has 0 radical (unpaired) electrons. The highest BCUT2D eigenvalue weighted by Gasteiger charge is 2.11. The number of rotatable bonds is 5. The first-order valence-corrected chi connectivity index (χ1v) is 6.97. The molecule has 1 atom stereocenters. The van der Waals surface area contributed by atoms with Gasteiger partial charge in [-0.05, 0) is 31.9 Å². The first-order chi connectivity index (χ1) is 9.56. The van der Waals surface area contributed by atoms with Gasteiger partial charge in [-0.2, -0.15) is 0 Å². The minimum Gasteiger partial charge on any atom is -0.496 e. The lowest BCUT2D eigenvalue weighted by molar-refractivity contribution is 0.406. The smallest absolute Gasteiger partial charge is 0.128 e. The second kappa shape index (κ2) is 6.09. The Morgan fingerprint density at radius 2 is 2.15 bits per heavy atom. The van der Waals surface area contributed by atoms with Crippen molar-refractivity contribution in [3.05, 3.63) is 47.0 Å². The minimum absolute atomic E-state index is 0.109. The standard InChI is InChI=1S/C16H23N3O/c1-5-14(17)13-6-7-19(9-13)10-15-12(3)16(20-4)11(2)8-18-15/h6-9,14H,5,10,17H2,1-4H3. The van der Waals surface area contributed by atoms with Gasteiger partial charge in [-0.25, -0.2) is 0 Å². The van der Waals surface area contributed by atoms with Crippen molar-refractivity contribution >= 4 is 0 Å². The molecule has 2 heterocycles. The zero-order valence-corrected chi connectivity index (χ0v) is 12.7. The lowest BCUT2D eigenvalue weighted by atomic mass is 10.1. The molecular formula is C16H23N3O. The normalized spacial score (nSPS) is 12.4. The van der Waals surface area contributed by atoms with E-state index in [1.165, 1.54) is 5.56 Å². The Balaban J connectivity index is 2.24. The van der Waals surface area contributed by atoms with Crippen molar-refractivity contribution < 1.29 is 4.74 Å². The van der Waals surface area contributed by atoms with E-state index in [-0.39, 0.29) is 6.04 Å². The minimum atomic E-state index is 0.109. The Bertz CT molecular complexity index is 589. The van der Waals surface area contributed by atoms with E-state index >= 15 is 0 Å². The van der Waals surface area contributed by atoms with Gasteiger partial charge in [0.1, 0.15) is 5.75 Å². The molecule has 2 N–H and O–H groups in total. The fourth-order valence-electron chi connectivity index (χ4n) is 2.42. The van der Waals surface area contributed by atoms with E-state index < -0.39 is 0 Å². The fraction of sp³-hybridized carbons (Fsp3) is 0.438. The van der Waals surface area contributed by atoms with Crippen LogP contribution in [0.5, 0.6) is 5.75 Å². The molecule has 0 saturated carbocycles. The van der Waals surface area contributed by atoms with Crippen LogP contribution in [0.25, 0.3) is 0 Å². The van der Waals surface area contributed by atoms with Crippen LogP contribution in [0.15, 0.2) is 24.7 Å². The first-order valence-electron chi connectivity index (χ1n) is 6.97. The summed E-state index contributed by atoms with van der Waals surface area (Å²) in [6.07, 6.45) is 6.96. The number of ether oxygens (including phenoxy) is 1. The van der Waals surface area contributed by atoms with Crippen LogP contribution in [0.2, 0.25) is 0 Å². The van der Waals surface area contributed by atoms with E-state index in [2.05, 4.69) is 41.9 Å². The van der Waals surface area contributed by atoms with E-state index in [1.54, 1.807) is 7.11 Å². The third-order valence-electron chi connectivity index (χ3n) is 3.72. The third-order valence-corrected chi connectivity index (χ3v) is 3.72. The van der Waals surface area contributed by atoms with Gasteiger partial charge in [0, 0.05) is 35.8 Å². The molecule has 0 spiro atoms. The van der Waals surface area contributed by atoms with Gasteiger partial charge in [-0.1, -0.05) is 6.92 Å². The maximum absolute atomic E-state index is 6.05. The average Bonchev–Trinajstić information content (AvgIpc) is 2.90. The Hall–Kier alpha value is -1.81. The summed E-state index contributed by atoms with van der Waals surface area (Å²) in [4.78, 5) is 4.52. The van der Waals surface area contributed by atoms with Gasteiger partial charge in [0.25, 0.3) is 0 Å². The van der Waals surface area contributed by atoms with Gasteiger partial charge in [0.05, 0.1) is 19.3 Å². The molecule has 0 aliphatic carbocycles. The van der Waals surface area contributed by atoms with Crippen LogP contribution in [0.3, 0.4) is 0 Å². The van der Waals surface area contributed by atoms with E-state index in [0.29, 0.717) is 0 Å². The highest BCUT2D eigenvalue weighted by Crippen LogP contribution is 2.24. The monoisotopic (exact) mass is 273 g/mol. The van der Waals surface area contributed by atoms with Crippen LogP contribution < -0.4 is 10.5 Å². The van der Waals surface area contributed by atoms with Crippen LogP contribution >= 0.6 is 0 Å². The predicted octanol–water partition coefficient (Wildman–Crippen LogP) is 2.97. The molecule has 0 fully saturated rings. The number of aromatic nitrogens is 2. The molecule has 2 aromatic rings. The van der Waals surface area contributed by atoms with Crippen molar-refractivity contribution in [1.29, 1.82) is 0 Å². The molecule has 108 valence electrons. The van der Waals surface area contributed by atoms with Gasteiger partial charge in [0.15, 0.2) is 0 Å². The van der Waals surface area contributed by atoms with E-state index in [0.717, 1.165) is 35.5 Å². The van der Waals surface area contributed by atoms with Crippen molar-refractivity contribution in [3.8, 4) is 5.75 Å². The number of aryl methyl sites for hydroxylation is 1. The number of hydrogen-bond donors (Lipinski definition) is 1. The third kappa shape index (κ3) is 2.85. The molecule has 1 unspecified atom stereocenters. The fourth-order valence-corrected chi connectivity index (χ4v) is 2.42. The largest absolute Gasteiger partial charge is 0.496 e. The van der Waals surface area contributed by atoms with Crippen molar-refractivity contribution in [1.82, 2.24) is 9.55 Å². The molecule has 2 aromatic heterocycles. The lowest BCUT2D eigenvalue weighted by Crippen LogP contribution is -2.08. The molecule has 4 heteroatoms. The van der Waals surface area contributed by atoms with Crippen LogP contribution in [-0.4, -0.2) is 16.7 Å². The van der Waals surface area contributed by atoms with Crippen LogP contribution in [0.4, 0.5) is 0 Å². The second-order valence-corrected chi connectivity index (χ2v) is 5.18. The summed E-state index contributed by atoms with van der Waals surface area (Å²) in [6.45, 7) is 6.89. The van der Waals surface area contributed by atoms with E-state index in [4.69, 9.17) is 10.5 Å². The number of nitrogens with zero attached hydrogens (tertiary/aromatic N) is 2. The number of pyridine rings is 1. The summed E-state index contributed by atoms with van der Waals surface area (Å²) in [6, 6.07) is 2.19. The van der Waals surface area contributed by atoms with Crippen molar-refractivity contribution in [3.63, 3.8) is 0 Å². The van der Waals surface area contributed by atoms with Crippen molar-refractivity contribution in [2.75, 3.05) is 7.11 Å². The summed E-state index contributed by atoms with van der Waals surface area (Å²) in [7, 11) is 1.70. The Morgan fingerprint density at radius 3 is 2.80 bits per heavy atom. The predicted molar refractivity (Wildman–Crippen MR) is 81.0 cm³/mol. The van der Waals surface area contributed by atoms with Gasteiger partial charge in [0.2, 0.25) is 0 Å². The van der Waals surface area contributed by atoms with E-state index in [9.17, 15) is 0 Å². The summed E-state index contributed by atoms with van der Waals surface area (Å²) in [5.74, 6) is 0.924. The number of nitrogens with two attached hydrogens (primary N) is 1. The topological polar surface area (TPSA) is 53.1 Å². The van der Waals surface area contributed by atoms with Crippen LogP contribution in [0, 0.1) is 13.8 Å². The molecular weight excluding hydrogens is 250 g/mol. The summed E-state index contributed by atoms with van der Waals surface area (Å²) in [5, 5.41) is 0. The number of hydrogen-bond acceptors (Lipinski definition) is 3. The highest BCUT2D eigenvalue weighted by molar-refractivity contribution is 5.41. The average molecular weight is 273 g/mol. The highest BCUT2D eigenvalue weighted by atomic mass is 16.5. The van der Waals surface area contributed by atoms with Gasteiger partial charge < -0.3 is 15.0 Å². The van der Waals surface area contributed by atoms with Crippen molar-refractivity contribution in [2.24, 2.45) is 5.73 Å². The molecule has 20 heavy (non-hydrogen) atoms. The van der Waals surface area contributed by atoms with Crippen molar-refractivity contribution in [2.45, 2.75) is 39.8 Å². The molecule has 0 saturated heterocycles. The van der Waals surface area contributed by atoms with Gasteiger partial charge in [-0.15, -0.1) is 0 Å². The molecule has 0 aromatic carbocycles. The zero-order chi connectivity index (χ0) is 14.7. The molecule has 0 aliphatic heterocycles. The lowest BCUT2D eigenvalue weighted by Gasteiger charge is -2.12. The summed E-state index contributed by atoms with van der Waals surface area (Å²) >= 11 is 0. The summed E-state index contributed by atoms with van der Waals surface area (Å²) in [5.41, 5.74) is 10.4. The second-order valence-electron chi connectivity index (χ2n) is 5.18. The van der Waals surface area contributed by atoms with Gasteiger partial charge >= 0.3 is 0 Å².